The van der Waals surface area contributed by atoms with Gasteiger partial charge in [0, 0.05) is 36.6 Å². The van der Waals surface area contributed by atoms with Crippen LogP contribution < -0.4 is 10.1 Å². The molecule has 1 fully saturated rings. The number of nitrogens with one attached hydrogen (secondary N) is 1. The molecule has 230 valence electrons. The van der Waals surface area contributed by atoms with Crippen molar-refractivity contribution in [1.29, 1.82) is 0 Å². The number of benzene rings is 3. The van der Waals surface area contributed by atoms with Crippen LogP contribution in [0.2, 0.25) is 5.02 Å². The molecule has 10 heteroatoms. The van der Waals surface area contributed by atoms with Crippen LogP contribution >= 0.6 is 11.6 Å². The monoisotopic (exact) mass is 619 g/mol. The lowest BCUT2D eigenvalue weighted by Gasteiger charge is -2.25. The number of aryl methyl sites for hydroxylation is 2. The Morgan fingerprint density at radius 3 is 2.57 bits per heavy atom. The Morgan fingerprint density at radius 1 is 1.05 bits per heavy atom. The van der Waals surface area contributed by atoms with Gasteiger partial charge in [0.1, 0.15) is 17.5 Å². The number of methoxy groups -OCH3 is 1. The van der Waals surface area contributed by atoms with E-state index < -0.39 is 12.1 Å². The largest absolute Gasteiger partial charge is 0.496 e. The summed E-state index contributed by atoms with van der Waals surface area (Å²) >= 11 is 6.53. The number of carbonyl (C=O) groups excluding carboxylic acids is 3. The number of amides is 2. The van der Waals surface area contributed by atoms with E-state index in [2.05, 4.69) is 5.32 Å². The van der Waals surface area contributed by atoms with Gasteiger partial charge in [-0.2, -0.15) is 0 Å². The van der Waals surface area contributed by atoms with E-state index in [1.54, 1.807) is 48.4 Å². The number of likely N-dealkylation sites (tertiary alicyclic amines) is 1. The minimum Gasteiger partial charge on any atom is -0.496 e. The minimum atomic E-state index is -1.10. The second-order valence-electron chi connectivity index (χ2n) is 10.9. The third-order valence-corrected chi connectivity index (χ3v) is 8.30. The van der Waals surface area contributed by atoms with Gasteiger partial charge in [0.25, 0.3) is 5.91 Å². The van der Waals surface area contributed by atoms with E-state index in [1.807, 2.05) is 41.9 Å². The molecule has 1 aliphatic rings. The zero-order valence-electron chi connectivity index (χ0n) is 24.9. The number of halogens is 2. The van der Waals surface area contributed by atoms with Crippen LogP contribution in [0.3, 0.4) is 0 Å². The average molecular weight is 620 g/mol. The summed E-state index contributed by atoms with van der Waals surface area (Å²) in [7, 11) is 3.38. The van der Waals surface area contributed by atoms with Crippen LogP contribution in [0, 0.1) is 0 Å². The number of hydrogen-bond acceptors (Lipinski definition) is 5. The fourth-order valence-corrected chi connectivity index (χ4v) is 6.05. The number of para-hydroxylation sites is 1. The Morgan fingerprint density at radius 2 is 1.82 bits per heavy atom. The highest BCUT2D eigenvalue weighted by molar-refractivity contribution is 6.34. The van der Waals surface area contributed by atoms with Crippen LogP contribution in [0.5, 0.6) is 5.75 Å². The van der Waals surface area contributed by atoms with Crippen molar-refractivity contribution in [2.75, 3.05) is 25.6 Å². The van der Waals surface area contributed by atoms with Crippen LogP contribution in [-0.2, 0) is 29.4 Å². The normalized spacial score (nSPS) is 16.2. The zero-order valence-corrected chi connectivity index (χ0v) is 25.7. The molecule has 8 nitrogen and oxygen atoms in total. The summed E-state index contributed by atoms with van der Waals surface area (Å²) in [6, 6.07) is 17.7. The average Bonchev–Trinajstić information content (AvgIpc) is 3.56. The number of aromatic nitrogens is 1. The number of anilines is 1. The fourth-order valence-electron chi connectivity index (χ4n) is 5.80. The van der Waals surface area contributed by atoms with Gasteiger partial charge >= 0.3 is 5.97 Å². The Kier molecular flexibility index (Phi) is 9.54. The molecule has 5 rings (SSSR count). The number of carbonyl (C=O) groups is 3. The Labute approximate surface area is 260 Å². The molecule has 1 saturated heterocycles. The van der Waals surface area contributed by atoms with Crippen LogP contribution in [0.15, 0.2) is 66.9 Å². The molecule has 0 aliphatic carbocycles. The van der Waals surface area contributed by atoms with Crippen molar-refractivity contribution in [2.45, 2.75) is 44.8 Å². The van der Waals surface area contributed by atoms with Crippen molar-refractivity contribution in [2.24, 2.45) is 7.05 Å². The number of esters is 1. The predicted octanol–water partition coefficient (Wildman–Crippen LogP) is 6.38. The smallest absolute Gasteiger partial charge is 0.341 e. The molecule has 0 spiro atoms. The van der Waals surface area contributed by atoms with Crippen LogP contribution in [0.1, 0.15) is 51.6 Å². The predicted molar refractivity (Wildman–Crippen MR) is 168 cm³/mol. The number of alkyl halides is 1. The molecular weight excluding hydrogens is 585 g/mol. The lowest BCUT2D eigenvalue weighted by atomic mass is 10.0. The molecule has 2 heterocycles. The van der Waals surface area contributed by atoms with E-state index in [9.17, 15) is 18.8 Å². The summed E-state index contributed by atoms with van der Waals surface area (Å²) in [6.07, 6.45) is 2.15. The third kappa shape index (κ3) is 6.73. The molecule has 0 radical (unpaired) electrons. The standard InChI is InChI=1S/C34H35ClFN3O5/c1-4-44-34(42)26-13-10-21(16-31(26)43-3)9-12-24-18-23(36)19-39(24)32(40)17-22-11-14-29(28(35)15-22)37-33(41)27-20-38(2)30-8-6-5-7-25(27)30/h5-8,10-11,13-16,20,23-24H,4,9,12,17-19H2,1-3H3,(H,37,41)/t23-,24+/m0/s1. The number of rotatable bonds is 10. The molecule has 0 saturated carbocycles. The number of ether oxygens (including phenoxy) is 2. The van der Waals surface area contributed by atoms with E-state index in [-0.39, 0.29) is 43.8 Å². The van der Waals surface area contributed by atoms with Gasteiger partial charge in [0.2, 0.25) is 5.91 Å². The first-order valence-corrected chi connectivity index (χ1v) is 15.0. The van der Waals surface area contributed by atoms with Gasteiger partial charge in [0.05, 0.1) is 43.0 Å². The maximum absolute atomic E-state index is 14.5. The summed E-state index contributed by atoms with van der Waals surface area (Å²) in [4.78, 5) is 40.2. The second-order valence-corrected chi connectivity index (χ2v) is 11.3. The molecule has 1 N–H and O–H groups in total. The van der Waals surface area contributed by atoms with E-state index >= 15 is 0 Å². The number of nitrogens with zero attached hydrogens (tertiary/aromatic N) is 2. The van der Waals surface area contributed by atoms with Crippen molar-refractivity contribution in [3.8, 4) is 5.75 Å². The summed E-state index contributed by atoms with van der Waals surface area (Å²) in [5.41, 5.74) is 3.85. The number of fused-ring (bicyclic) bond motifs is 1. The third-order valence-electron chi connectivity index (χ3n) is 7.99. The van der Waals surface area contributed by atoms with Crippen molar-refractivity contribution >= 4 is 46.0 Å². The molecule has 2 amide bonds. The Bertz CT molecular complexity index is 1700. The maximum atomic E-state index is 14.5. The summed E-state index contributed by atoms with van der Waals surface area (Å²) in [5, 5.41) is 4.02. The molecule has 4 aromatic rings. The van der Waals surface area contributed by atoms with E-state index in [1.165, 1.54) is 7.11 Å². The van der Waals surface area contributed by atoms with Gasteiger partial charge in [-0.1, -0.05) is 41.9 Å². The Balaban J connectivity index is 1.22. The zero-order chi connectivity index (χ0) is 31.4. The fraction of sp³-hybridized carbons (Fsp3) is 0.324. The van der Waals surface area contributed by atoms with Gasteiger partial charge in [-0.3, -0.25) is 9.59 Å². The summed E-state index contributed by atoms with van der Waals surface area (Å²) < 4.78 is 26.9. The lowest BCUT2D eigenvalue weighted by Crippen LogP contribution is -2.37. The van der Waals surface area contributed by atoms with Crippen LogP contribution in [-0.4, -0.2) is 59.7 Å². The maximum Gasteiger partial charge on any atom is 0.341 e. The first kappa shape index (κ1) is 31.1. The van der Waals surface area contributed by atoms with E-state index in [4.69, 9.17) is 21.1 Å². The molecule has 1 aliphatic heterocycles. The molecular formula is C34H35ClFN3O5. The Hall–Kier alpha value is -4.37. The molecule has 2 atom stereocenters. The molecule has 44 heavy (non-hydrogen) atoms. The quantitative estimate of drug-likeness (QED) is 0.208. The number of hydrogen-bond donors (Lipinski definition) is 1. The SMILES string of the molecule is CCOC(=O)c1ccc(CC[C@@H]2C[C@H](F)CN2C(=O)Cc2ccc(NC(=O)c3cn(C)c4ccccc34)c(Cl)c2)cc1OC. The van der Waals surface area contributed by atoms with Crippen LogP contribution in [0.25, 0.3) is 10.9 Å². The van der Waals surface area contributed by atoms with E-state index in [0.29, 0.717) is 46.0 Å². The first-order chi connectivity index (χ1) is 21.2. The highest BCUT2D eigenvalue weighted by atomic mass is 35.5. The van der Waals surface area contributed by atoms with Gasteiger partial charge in [0.15, 0.2) is 0 Å². The van der Waals surface area contributed by atoms with E-state index in [0.717, 1.165) is 16.5 Å². The molecule has 1 aromatic heterocycles. The van der Waals surface area contributed by atoms with Crippen LogP contribution in [0.4, 0.5) is 10.1 Å². The molecule has 3 aromatic carbocycles. The van der Waals surface area contributed by atoms with Crippen molar-refractivity contribution in [3.05, 3.63) is 94.1 Å². The highest BCUT2D eigenvalue weighted by Crippen LogP contribution is 2.29. The minimum absolute atomic E-state index is 0.0432. The molecule has 0 bridgehead atoms. The summed E-state index contributed by atoms with van der Waals surface area (Å²) in [6.45, 7) is 2.04. The first-order valence-electron chi connectivity index (χ1n) is 14.6. The molecule has 0 unspecified atom stereocenters. The van der Waals surface area contributed by atoms with Crippen molar-refractivity contribution in [3.63, 3.8) is 0 Å². The summed E-state index contributed by atoms with van der Waals surface area (Å²) in [5.74, 6) is -0.509. The van der Waals surface area contributed by atoms with Gasteiger partial charge < -0.3 is 24.3 Å². The lowest BCUT2D eigenvalue weighted by molar-refractivity contribution is -0.131. The highest BCUT2D eigenvalue weighted by Gasteiger charge is 2.35. The van der Waals surface area contributed by atoms with Gasteiger partial charge in [-0.25, -0.2) is 9.18 Å². The second kappa shape index (κ2) is 13.5. The van der Waals surface area contributed by atoms with Crippen molar-refractivity contribution in [1.82, 2.24) is 9.47 Å². The van der Waals surface area contributed by atoms with Gasteiger partial charge in [-0.15, -0.1) is 0 Å². The van der Waals surface area contributed by atoms with Crippen molar-refractivity contribution < 1.29 is 28.2 Å². The topological polar surface area (TPSA) is 89.9 Å². The van der Waals surface area contributed by atoms with Gasteiger partial charge in [-0.05, 0) is 61.2 Å².